The highest BCUT2D eigenvalue weighted by Gasteiger charge is 2.28. The summed E-state index contributed by atoms with van der Waals surface area (Å²) in [6, 6.07) is 2.63. The first kappa shape index (κ1) is 13.5. The Balaban J connectivity index is 1.54. The third-order valence-electron chi connectivity index (χ3n) is 4.01. The van der Waals surface area contributed by atoms with Crippen molar-refractivity contribution in [2.45, 2.75) is 31.7 Å². The number of hydrogen-bond acceptors (Lipinski definition) is 4. The van der Waals surface area contributed by atoms with E-state index < -0.39 is 10.0 Å². The highest BCUT2D eigenvalue weighted by atomic mass is 32.2. The number of thiophene rings is 1. The summed E-state index contributed by atoms with van der Waals surface area (Å²) < 4.78 is 25.0. The van der Waals surface area contributed by atoms with Crippen molar-refractivity contribution in [3.63, 3.8) is 0 Å². The van der Waals surface area contributed by atoms with Crippen LogP contribution < -0.4 is 5.32 Å². The Morgan fingerprint density at radius 1 is 1.42 bits per heavy atom. The van der Waals surface area contributed by atoms with Gasteiger partial charge in [-0.15, -0.1) is 11.3 Å². The van der Waals surface area contributed by atoms with Gasteiger partial charge >= 0.3 is 0 Å². The van der Waals surface area contributed by atoms with E-state index in [1.165, 1.54) is 23.3 Å². The van der Waals surface area contributed by atoms with E-state index in [1.807, 2.05) is 11.3 Å². The van der Waals surface area contributed by atoms with E-state index in [1.54, 1.807) is 4.31 Å². The van der Waals surface area contributed by atoms with Crippen molar-refractivity contribution in [3.05, 3.63) is 21.9 Å². The Morgan fingerprint density at radius 3 is 3.11 bits per heavy atom. The quantitative estimate of drug-likeness (QED) is 0.921. The van der Waals surface area contributed by atoms with Crippen LogP contribution in [0.3, 0.4) is 0 Å². The van der Waals surface area contributed by atoms with Crippen molar-refractivity contribution in [2.24, 2.45) is 0 Å². The molecule has 3 rings (SSSR count). The Kier molecular flexibility index (Phi) is 3.93. The first-order valence-electron chi connectivity index (χ1n) is 6.94. The summed E-state index contributed by atoms with van der Waals surface area (Å²) in [6.07, 6.45) is 4.37. The third kappa shape index (κ3) is 2.86. The fourth-order valence-corrected chi connectivity index (χ4v) is 5.52. The standard InChI is InChI=1S/C13H20N2O2S2/c16-19(17)10-2-7-15(19)8-6-14-12-3-1-4-13-11(12)5-9-18-13/h5,9,12,14H,1-4,6-8,10H2/t12-/m1/s1. The van der Waals surface area contributed by atoms with Crippen molar-refractivity contribution in [1.82, 2.24) is 9.62 Å². The summed E-state index contributed by atoms with van der Waals surface area (Å²) in [5.41, 5.74) is 1.43. The largest absolute Gasteiger partial charge is 0.309 e. The van der Waals surface area contributed by atoms with Crippen molar-refractivity contribution < 1.29 is 8.42 Å². The monoisotopic (exact) mass is 300 g/mol. The maximum absolute atomic E-state index is 11.7. The van der Waals surface area contributed by atoms with Crippen molar-refractivity contribution in [2.75, 3.05) is 25.4 Å². The van der Waals surface area contributed by atoms with Crippen LogP contribution >= 0.6 is 11.3 Å². The van der Waals surface area contributed by atoms with Crippen LogP contribution in [-0.4, -0.2) is 38.1 Å². The molecule has 1 aromatic rings. The minimum Gasteiger partial charge on any atom is -0.309 e. The molecule has 1 saturated heterocycles. The number of sulfonamides is 1. The Morgan fingerprint density at radius 2 is 2.32 bits per heavy atom. The van der Waals surface area contributed by atoms with Gasteiger partial charge in [0.25, 0.3) is 0 Å². The number of fused-ring (bicyclic) bond motifs is 1. The van der Waals surface area contributed by atoms with Crippen LogP contribution in [0.25, 0.3) is 0 Å². The van der Waals surface area contributed by atoms with Crippen molar-refractivity contribution in [3.8, 4) is 0 Å². The second-order valence-electron chi connectivity index (χ2n) is 5.27. The molecule has 0 unspecified atom stereocenters. The maximum Gasteiger partial charge on any atom is 0.214 e. The second kappa shape index (κ2) is 5.52. The Bertz CT molecular complexity index is 539. The van der Waals surface area contributed by atoms with Gasteiger partial charge in [-0.1, -0.05) is 0 Å². The predicted octanol–water partition coefficient (Wildman–Crippen LogP) is 1.75. The van der Waals surface area contributed by atoms with Gasteiger partial charge in [-0.3, -0.25) is 0 Å². The van der Waals surface area contributed by atoms with Crippen LogP contribution in [0.5, 0.6) is 0 Å². The normalized spacial score (nSPS) is 26.4. The average Bonchev–Trinajstić information content (AvgIpc) is 2.96. The molecule has 2 aliphatic rings. The lowest BCUT2D eigenvalue weighted by Crippen LogP contribution is -2.35. The number of nitrogens with one attached hydrogen (secondary N) is 1. The van der Waals surface area contributed by atoms with Gasteiger partial charge in [0.2, 0.25) is 10.0 Å². The number of hydrogen-bond donors (Lipinski definition) is 1. The van der Waals surface area contributed by atoms with Crippen molar-refractivity contribution >= 4 is 21.4 Å². The molecule has 1 fully saturated rings. The molecule has 0 aromatic carbocycles. The van der Waals surface area contributed by atoms with E-state index in [0.29, 0.717) is 24.9 Å². The first-order chi connectivity index (χ1) is 9.17. The SMILES string of the molecule is O=S1(=O)CCCN1CCN[C@@H]1CCCc2sccc21. The van der Waals surface area contributed by atoms with Crippen LogP contribution in [0.1, 0.15) is 35.7 Å². The molecule has 0 spiro atoms. The number of aryl methyl sites for hydroxylation is 1. The average molecular weight is 300 g/mol. The Hall–Kier alpha value is -0.430. The first-order valence-corrected chi connectivity index (χ1v) is 9.43. The molecule has 1 aromatic heterocycles. The molecule has 0 amide bonds. The van der Waals surface area contributed by atoms with E-state index in [9.17, 15) is 8.42 Å². The minimum absolute atomic E-state index is 0.325. The van der Waals surface area contributed by atoms with Gasteiger partial charge in [-0.2, -0.15) is 0 Å². The second-order valence-corrected chi connectivity index (χ2v) is 8.36. The van der Waals surface area contributed by atoms with E-state index >= 15 is 0 Å². The summed E-state index contributed by atoms with van der Waals surface area (Å²) in [5, 5.41) is 5.69. The van der Waals surface area contributed by atoms with E-state index in [-0.39, 0.29) is 0 Å². The lowest BCUT2D eigenvalue weighted by atomic mass is 9.94. The molecular weight excluding hydrogens is 280 g/mol. The molecule has 4 nitrogen and oxygen atoms in total. The summed E-state index contributed by atoms with van der Waals surface area (Å²) in [7, 11) is -2.94. The molecule has 19 heavy (non-hydrogen) atoms. The van der Waals surface area contributed by atoms with Gasteiger partial charge in [0.05, 0.1) is 5.75 Å². The molecule has 1 atom stereocenters. The molecule has 1 aliphatic carbocycles. The topological polar surface area (TPSA) is 49.4 Å². The molecule has 106 valence electrons. The number of rotatable bonds is 4. The molecule has 2 heterocycles. The summed E-state index contributed by atoms with van der Waals surface area (Å²) in [5.74, 6) is 0.325. The zero-order chi connectivity index (χ0) is 13.3. The van der Waals surface area contributed by atoms with Gasteiger partial charge in [-0.25, -0.2) is 12.7 Å². The highest BCUT2D eigenvalue weighted by Crippen LogP contribution is 2.33. The fraction of sp³-hybridized carbons (Fsp3) is 0.692. The molecule has 0 radical (unpaired) electrons. The zero-order valence-electron chi connectivity index (χ0n) is 11.0. The smallest absolute Gasteiger partial charge is 0.214 e. The van der Waals surface area contributed by atoms with Gasteiger partial charge in [0.15, 0.2) is 0 Å². The van der Waals surface area contributed by atoms with E-state index in [0.717, 1.165) is 19.4 Å². The number of nitrogens with zero attached hydrogens (tertiary/aromatic N) is 1. The summed E-state index contributed by atoms with van der Waals surface area (Å²) in [4.78, 5) is 1.50. The van der Waals surface area contributed by atoms with Crippen LogP contribution in [0.4, 0.5) is 0 Å². The van der Waals surface area contributed by atoms with Gasteiger partial charge in [-0.05, 0) is 42.7 Å². The Labute approximate surface area is 118 Å². The lowest BCUT2D eigenvalue weighted by Gasteiger charge is -2.25. The van der Waals surface area contributed by atoms with Gasteiger partial charge < -0.3 is 5.32 Å². The van der Waals surface area contributed by atoms with Crippen LogP contribution in [0.2, 0.25) is 0 Å². The van der Waals surface area contributed by atoms with Gasteiger partial charge in [0, 0.05) is 30.6 Å². The zero-order valence-corrected chi connectivity index (χ0v) is 12.6. The minimum atomic E-state index is -2.94. The molecule has 6 heteroatoms. The third-order valence-corrected chi connectivity index (χ3v) is 6.96. The maximum atomic E-state index is 11.7. The summed E-state index contributed by atoms with van der Waals surface area (Å²) >= 11 is 1.84. The molecule has 1 N–H and O–H groups in total. The lowest BCUT2D eigenvalue weighted by molar-refractivity contribution is 0.400. The highest BCUT2D eigenvalue weighted by molar-refractivity contribution is 7.89. The molecular formula is C13H20N2O2S2. The molecule has 0 bridgehead atoms. The van der Waals surface area contributed by atoms with Crippen LogP contribution in [-0.2, 0) is 16.4 Å². The fourth-order valence-electron chi connectivity index (χ4n) is 3.00. The predicted molar refractivity (Wildman–Crippen MR) is 78.0 cm³/mol. The van der Waals surface area contributed by atoms with E-state index in [4.69, 9.17) is 0 Å². The van der Waals surface area contributed by atoms with Crippen molar-refractivity contribution in [1.29, 1.82) is 0 Å². The molecule has 0 saturated carbocycles. The molecule has 1 aliphatic heterocycles. The van der Waals surface area contributed by atoms with Gasteiger partial charge in [0.1, 0.15) is 0 Å². The van der Waals surface area contributed by atoms with Crippen LogP contribution in [0, 0.1) is 0 Å². The van der Waals surface area contributed by atoms with E-state index in [2.05, 4.69) is 16.8 Å². The van der Waals surface area contributed by atoms with Crippen LogP contribution in [0.15, 0.2) is 11.4 Å². The summed E-state index contributed by atoms with van der Waals surface area (Å²) in [6.45, 7) is 2.05.